The van der Waals surface area contributed by atoms with E-state index >= 15 is 0 Å². The minimum atomic E-state index is -0.839. The van der Waals surface area contributed by atoms with Crippen LogP contribution in [0.3, 0.4) is 0 Å². The summed E-state index contributed by atoms with van der Waals surface area (Å²) in [4.78, 5) is 25.6. The molecule has 1 N–H and O–H groups in total. The van der Waals surface area contributed by atoms with E-state index in [-0.39, 0.29) is 18.4 Å². The quantitative estimate of drug-likeness (QED) is 0.897. The van der Waals surface area contributed by atoms with Gasteiger partial charge in [-0.3, -0.25) is 9.59 Å². The Balaban J connectivity index is 2.16. The fourth-order valence-corrected chi connectivity index (χ4v) is 3.11. The van der Waals surface area contributed by atoms with Crippen LogP contribution in [0, 0.1) is 5.92 Å². The summed E-state index contributed by atoms with van der Waals surface area (Å²) in [5, 5.41) is 9.27. The summed E-state index contributed by atoms with van der Waals surface area (Å²) in [5.41, 5.74) is 0.737. The second-order valence-electron chi connectivity index (χ2n) is 5.77. The van der Waals surface area contributed by atoms with E-state index in [0.717, 1.165) is 5.56 Å². The van der Waals surface area contributed by atoms with Crippen molar-refractivity contribution in [2.75, 3.05) is 20.8 Å². The fraction of sp³-hybridized carbons (Fsp3) is 0.529. The highest BCUT2D eigenvalue weighted by Crippen LogP contribution is 2.28. The first kappa shape index (κ1) is 17.1. The Bertz CT molecular complexity index is 586. The summed E-state index contributed by atoms with van der Waals surface area (Å²) in [7, 11) is 3.12. The van der Waals surface area contributed by atoms with Gasteiger partial charge >= 0.3 is 5.97 Å². The average molecular weight is 321 g/mol. The van der Waals surface area contributed by atoms with Crippen molar-refractivity contribution in [1.29, 1.82) is 0 Å². The van der Waals surface area contributed by atoms with Crippen molar-refractivity contribution >= 4 is 11.9 Å². The number of carboxylic acid groups (broad SMARTS) is 1. The molecule has 0 radical (unpaired) electrons. The summed E-state index contributed by atoms with van der Waals surface area (Å²) in [6.45, 7) is 2.40. The highest BCUT2D eigenvalue weighted by Gasteiger charge is 2.35. The van der Waals surface area contributed by atoms with Crippen LogP contribution in [-0.2, 0) is 16.0 Å². The lowest BCUT2D eigenvalue weighted by Gasteiger charge is -2.37. The number of benzene rings is 1. The number of carboxylic acids is 1. The molecule has 0 saturated carbocycles. The molecule has 2 rings (SSSR count). The highest BCUT2D eigenvalue weighted by molar-refractivity contribution is 5.81. The van der Waals surface area contributed by atoms with E-state index in [1.54, 1.807) is 44.2 Å². The Morgan fingerprint density at radius 3 is 2.65 bits per heavy atom. The van der Waals surface area contributed by atoms with Crippen LogP contribution in [0.15, 0.2) is 18.2 Å². The van der Waals surface area contributed by atoms with Crippen LogP contribution in [0.5, 0.6) is 11.5 Å². The van der Waals surface area contributed by atoms with Gasteiger partial charge in [0.25, 0.3) is 0 Å². The first-order valence-electron chi connectivity index (χ1n) is 7.71. The topological polar surface area (TPSA) is 76.1 Å². The van der Waals surface area contributed by atoms with Gasteiger partial charge in [-0.1, -0.05) is 0 Å². The lowest BCUT2D eigenvalue weighted by atomic mass is 9.90. The largest absolute Gasteiger partial charge is 0.497 e. The lowest BCUT2D eigenvalue weighted by Crippen LogP contribution is -2.49. The second kappa shape index (κ2) is 7.35. The molecule has 1 amide bonds. The summed E-state index contributed by atoms with van der Waals surface area (Å²) < 4.78 is 10.5. The zero-order chi connectivity index (χ0) is 17.0. The Morgan fingerprint density at radius 1 is 1.30 bits per heavy atom. The lowest BCUT2D eigenvalue weighted by molar-refractivity contribution is -0.148. The number of rotatable bonds is 5. The molecule has 23 heavy (non-hydrogen) atoms. The third kappa shape index (κ3) is 3.75. The number of nitrogens with zero attached hydrogens (tertiary/aromatic N) is 1. The van der Waals surface area contributed by atoms with E-state index in [1.807, 2.05) is 0 Å². The van der Waals surface area contributed by atoms with Gasteiger partial charge in [0.15, 0.2) is 0 Å². The van der Waals surface area contributed by atoms with Gasteiger partial charge in [-0.15, -0.1) is 0 Å². The molecule has 0 bridgehead atoms. The molecule has 1 aromatic carbocycles. The molecule has 126 valence electrons. The van der Waals surface area contributed by atoms with Crippen LogP contribution in [0.4, 0.5) is 0 Å². The summed E-state index contributed by atoms with van der Waals surface area (Å²) in [5.74, 6) is -0.147. The van der Waals surface area contributed by atoms with Gasteiger partial charge in [0.2, 0.25) is 5.91 Å². The van der Waals surface area contributed by atoms with Crippen molar-refractivity contribution in [3.8, 4) is 11.5 Å². The Hall–Kier alpha value is -2.24. The minimum Gasteiger partial charge on any atom is -0.497 e. The van der Waals surface area contributed by atoms with Gasteiger partial charge in [-0.25, -0.2) is 0 Å². The van der Waals surface area contributed by atoms with Crippen LogP contribution in [0.25, 0.3) is 0 Å². The van der Waals surface area contributed by atoms with Crippen molar-refractivity contribution in [3.63, 3.8) is 0 Å². The maximum absolute atomic E-state index is 12.7. The number of likely N-dealkylation sites (tertiary alicyclic amines) is 1. The number of methoxy groups -OCH3 is 2. The standard InChI is InChI=1S/C17H23NO5/c1-11-14(17(20)21)5-4-8-18(11)16(19)10-12-9-13(22-2)6-7-15(12)23-3/h6-7,9,11,14H,4-5,8,10H2,1-3H3,(H,20,21)/t11-,14-/m0/s1. The number of ether oxygens (including phenoxy) is 2. The van der Waals surface area contributed by atoms with Crippen molar-refractivity contribution in [2.24, 2.45) is 5.92 Å². The number of piperidine rings is 1. The Kier molecular flexibility index (Phi) is 5.47. The number of carbonyl (C=O) groups is 2. The molecule has 1 aliphatic heterocycles. The second-order valence-corrected chi connectivity index (χ2v) is 5.77. The van der Waals surface area contributed by atoms with Gasteiger partial charge in [0.05, 0.1) is 26.6 Å². The van der Waals surface area contributed by atoms with Crippen LogP contribution >= 0.6 is 0 Å². The third-order valence-corrected chi connectivity index (χ3v) is 4.45. The summed E-state index contributed by atoms with van der Waals surface area (Å²) >= 11 is 0. The third-order valence-electron chi connectivity index (χ3n) is 4.45. The summed E-state index contributed by atoms with van der Waals surface area (Å²) in [6.07, 6.45) is 1.49. The molecule has 0 aromatic heterocycles. The molecule has 0 aliphatic carbocycles. The van der Waals surface area contributed by atoms with E-state index in [0.29, 0.717) is 30.9 Å². The molecule has 2 atom stereocenters. The maximum Gasteiger partial charge on any atom is 0.308 e. The molecule has 1 saturated heterocycles. The van der Waals surface area contributed by atoms with E-state index in [4.69, 9.17) is 9.47 Å². The van der Waals surface area contributed by atoms with E-state index in [9.17, 15) is 14.7 Å². The van der Waals surface area contributed by atoms with Gasteiger partial charge < -0.3 is 19.5 Å². The first-order chi connectivity index (χ1) is 11.0. The van der Waals surface area contributed by atoms with E-state index < -0.39 is 11.9 Å². The van der Waals surface area contributed by atoms with Crippen molar-refractivity contribution in [1.82, 2.24) is 4.90 Å². The van der Waals surface area contributed by atoms with Crippen LogP contribution in [0.2, 0.25) is 0 Å². The SMILES string of the molecule is COc1ccc(OC)c(CC(=O)N2CCC[C@H](C(=O)O)[C@@H]2C)c1. The summed E-state index contributed by atoms with van der Waals surface area (Å²) in [6, 6.07) is 5.02. The molecule has 1 heterocycles. The Morgan fingerprint density at radius 2 is 2.04 bits per heavy atom. The molecule has 1 aromatic rings. The normalized spacial score (nSPS) is 20.9. The van der Waals surface area contributed by atoms with Crippen molar-refractivity contribution in [3.05, 3.63) is 23.8 Å². The Labute approximate surface area is 136 Å². The molecule has 0 spiro atoms. The monoisotopic (exact) mass is 321 g/mol. The molecule has 1 aliphatic rings. The van der Waals surface area contributed by atoms with Gasteiger partial charge in [0, 0.05) is 18.2 Å². The van der Waals surface area contributed by atoms with Crippen molar-refractivity contribution < 1.29 is 24.2 Å². The molecule has 6 heteroatoms. The van der Waals surface area contributed by atoms with Gasteiger partial charge in [-0.05, 0) is 38.0 Å². The van der Waals surface area contributed by atoms with E-state index in [1.165, 1.54) is 0 Å². The van der Waals surface area contributed by atoms with E-state index in [2.05, 4.69) is 0 Å². The highest BCUT2D eigenvalue weighted by atomic mass is 16.5. The maximum atomic E-state index is 12.7. The fourth-order valence-electron chi connectivity index (χ4n) is 3.11. The number of aliphatic carboxylic acids is 1. The number of amides is 1. The zero-order valence-electron chi connectivity index (χ0n) is 13.7. The average Bonchev–Trinajstić information content (AvgIpc) is 2.54. The number of hydrogen-bond acceptors (Lipinski definition) is 4. The predicted octanol–water partition coefficient (Wildman–Crippen LogP) is 1.96. The molecule has 6 nitrogen and oxygen atoms in total. The molecule has 1 fully saturated rings. The van der Waals surface area contributed by atoms with Crippen LogP contribution in [0.1, 0.15) is 25.3 Å². The molecular weight excluding hydrogens is 298 g/mol. The van der Waals surface area contributed by atoms with Crippen LogP contribution < -0.4 is 9.47 Å². The van der Waals surface area contributed by atoms with Gasteiger partial charge in [0.1, 0.15) is 11.5 Å². The predicted molar refractivity (Wildman–Crippen MR) is 84.8 cm³/mol. The van der Waals surface area contributed by atoms with Gasteiger partial charge in [-0.2, -0.15) is 0 Å². The zero-order valence-corrected chi connectivity index (χ0v) is 13.7. The minimum absolute atomic E-state index is 0.0880. The number of carbonyl (C=O) groups excluding carboxylic acids is 1. The number of hydrogen-bond donors (Lipinski definition) is 1. The molecule has 0 unspecified atom stereocenters. The van der Waals surface area contributed by atoms with Crippen LogP contribution in [-0.4, -0.2) is 48.7 Å². The smallest absolute Gasteiger partial charge is 0.308 e. The molecular formula is C17H23NO5. The first-order valence-corrected chi connectivity index (χ1v) is 7.71. The van der Waals surface area contributed by atoms with Crippen molar-refractivity contribution in [2.45, 2.75) is 32.2 Å².